The largest absolute Gasteiger partial charge is 0.391 e. The quantitative estimate of drug-likeness (QED) is 0.611. The standard InChI is InChI=1S/C13H14BrF3N2O2/c14-11-6-5-10(7-12(11)19(20)21)18-9-3-1-8(2-4-9)13(15,16)17/h5-9,18H,1-4H2. The van der Waals surface area contributed by atoms with E-state index in [0.29, 0.717) is 23.0 Å². The maximum absolute atomic E-state index is 12.6. The molecule has 1 aromatic rings. The first kappa shape index (κ1) is 16.1. The molecule has 4 nitrogen and oxygen atoms in total. The van der Waals surface area contributed by atoms with E-state index in [1.807, 2.05) is 0 Å². The van der Waals surface area contributed by atoms with Gasteiger partial charge in [-0.15, -0.1) is 0 Å². The van der Waals surface area contributed by atoms with Gasteiger partial charge in [-0.1, -0.05) is 0 Å². The van der Waals surface area contributed by atoms with Crippen molar-refractivity contribution in [3.63, 3.8) is 0 Å². The number of nitro benzene ring substituents is 1. The molecule has 21 heavy (non-hydrogen) atoms. The summed E-state index contributed by atoms with van der Waals surface area (Å²) in [5.74, 6) is -1.23. The second kappa shape index (κ2) is 6.21. The van der Waals surface area contributed by atoms with Crippen LogP contribution in [0.5, 0.6) is 0 Å². The van der Waals surface area contributed by atoms with E-state index >= 15 is 0 Å². The van der Waals surface area contributed by atoms with Crippen LogP contribution < -0.4 is 5.32 Å². The smallest absolute Gasteiger partial charge is 0.382 e. The molecule has 1 N–H and O–H groups in total. The molecular formula is C13H14BrF3N2O2. The highest BCUT2D eigenvalue weighted by Crippen LogP contribution is 2.38. The summed E-state index contributed by atoms with van der Waals surface area (Å²) in [4.78, 5) is 10.3. The van der Waals surface area contributed by atoms with Gasteiger partial charge in [0.05, 0.1) is 15.3 Å². The molecule has 2 rings (SSSR count). The third-order valence-corrected chi connectivity index (χ3v) is 4.37. The van der Waals surface area contributed by atoms with Gasteiger partial charge in [-0.05, 0) is 53.7 Å². The molecule has 0 unspecified atom stereocenters. The van der Waals surface area contributed by atoms with Crippen LogP contribution in [0.2, 0.25) is 0 Å². The van der Waals surface area contributed by atoms with Crippen LogP contribution in [0, 0.1) is 16.0 Å². The molecular weight excluding hydrogens is 353 g/mol. The molecule has 0 saturated heterocycles. The monoisotopic (exact) mass is 366 g/mol. The number of rotatable bonds is 3. The third-order valence-electron chi connectivity index (χ3n) is 3.70. The lowest BCUT2D eigenvalue weighted by Crippen LogP contribution is -2.32. The van der Waals surface area contributed by atoms with Gasteiger partial charge < -0.3 is 5.32 Å². The maximum Gasteiger partial charge on any atom is 0.391 e. The molecule has 1 aliphatic carbocycles. The number of nitrogens with one attached hydrogen (secondary N) is 1. The summed E-state index contributed by atoms with van der Waals surface area (Å²) in [7, 11) is 0. The van der Waals surface area contributed by atoms with Gasteiger partial charge in [0, 0.05) is 17.8 Å². The van der Waals surface area contributed by atoms with Gasteiger partial charge in [0.15, 0.2) is 0 Å². The van der Waals surface area contributed by atoms with Crippen LogP contribution in [0.1, 0.15) is 25.7 Å². The minimum Gasteiger partial charge on any atom is -0.382 e. The zero-order valence-electron chi connectivity index (χ0n) is 11.0. The number of anilines is 1. The molecule has 0 heterocycles. The van der Waals surface area contributed by atoms with E-state index in [4.69, 9.17) is 0 Å². The van der Waals surface area contributed by atoms with Crippen molar-refractivity contribution in [3.8, 4) is 0 Å². The van der Waals surface area contributed by atoms with Gasteiger partial charge in [0.2, 0.25) is 0 Å². The average Bonchev–Trinajstić information content (AvgIpc) is 2.40. The van der Waals surface area contributed by atoms with E-state index in [0.717, 1.165) is 0 Å². The summed E-state index contributed by atoms with van der Waals surface area (Å²) in [5.41, 5.74) is 0.490. The van der Waals surface area contributed by atoms with E-state index in [1.165, 1.54) is 6.07 Å². The Morgan fingerprint density at radius 1 is 1.24 bits per heavy atom. The van der Waals surface area contributed by atoms with E-state index in [9.17, 15) is 23.3 Å². The lowest BCUT2D eigenvalue weighted by Gasteiger charge is -2.30. The van der Waals surface area contributed by atoms with Gasteiger partial charge >= 0.3 is 6.18 Å². The molecule has 116 valence electrons. The van der Waals surface area contributed by atoms with Crippen LogP contribution in [0.4, 0.5) is 24.5 Å². The number of nitrogens with zero attached hydrogens (tertiary/aromatic N) is 1. The highest BCUT2D eigenvalue weighted by Gasteiger charge is 2.41. The normalized spacial score (nSPS) is 22.9. The first-order chi connectivity index (χ1) is 9.77. The van der Waals surface area contributed by atoms with Crippen molar-refractivity contribution in [2.45, 2.75) is 37.9 Å². The number of benzene rings is 1. The highest BCUT2D eigenvalue weighted by atomic mass is 79.9. The first-order valence-corrected chi connectivity index (χ1v) is 7.34. The lowest BCUT2D eigenvalue weighted by molar-refractivity contribution is -0.385. The fraction of sp³-hybridized carbons (Fsp3) is 0.538. The summed E-state index contributed by atoms with van der Waals surface area (Å²) in [6.45, 7) is 0. The van der Waals surface area contributed by atoms with E-state index in [-0.39, 0.29) is 24.6 Å². The molecule has 0 bridgehead atoms. The van der Waals surface area contributed by atoms with Crippen molar-refractivity contribution in [2.24, 2.45) is 5.92 Å². The van der Waals surface area contributed by atoms with Gasteiger partial charge in [-0.3, -0.25) is 10.1 Å². The zero-order valence-corrected chi connectivity index (χ0v) is 12.6. The summed E-state index contributed by atoms with van der Waals surface area (Å²) in [6, 6.07) is 4.54. The minimum atomic E-state index is -4.12. The molecule has 0 atom stereocenters. The average molecular weight is 367 g/mol. The van der Waals surface area contributed by atoms with E-state index in [1.54, 1.807) is 12.1 Å². The predicted molar refractivity (Wildman–Crippen MR) is 76.2 cm³/mol. The highest BCUT2D eigenvalue weighted by molar-refractivity contribution is 9.10. The number of nitro groups is 1. The van der Waals surface area contributed by atoms with Gasteiger partial charge in [-0.2, -0.15) is 13.2 Å². The second-order valence-corrected chi connectivity index (χ2v) is 6.01. The Kier molecular flexibility index (Phi) is 4.75. The first-order valence-electron chi connectivity index (χ1n) is 6.54. The molecule has 1 aliphatic rings. The SMILES string of the molecule is O=[N+]([O-])c1cc(NC2CCC(C(F)(F)F)CC2)ccc1Br. The van der Waals surface area contributed by atoms with Crippen LogP contribution >= 0.6 is 15.9 Å². The number of alkyl halides is 3. The summed E-state index contributed by atoms with van der Waals surface area (Å²) < 4.78 is 38.1. The molecule has 1 aromatic carbocycles. The number of hydrogen-bond donors (Lipinski definition) is 1. The Labute approximate surface area is 128 Å². The zero-order chi connectivity index (χ0) is 15.6. The molecule has 1 saturated carbocycles. The predicted octanol–water partition coefficient (Wildman–Crippen LogP) is 4.89. The summed E-state index contributed by atoms with van der Waals surface area (Å²) >= 11 is 3.09. The van der Waals surface area contributed by atoms with Crippen LogP contribution in [-0.2, 0) is 0 Å². The van der Waals surface area contributed by atoms with Gasteiger partial charge in [-0.25, -0.2) is 0 Å². The Balaban J connectivity index is 1.98. The Hall–Kier alpha value is -1.31. The fourth-order valence-electron chi connectivity index (χ4n) is 2.54. The maximum atomic E-state index is 12.6. The lowest BCUT2D eigenvalue weighted by atomic mass is 9.85. The molecule has 0 amide bonds. The van der Waals surface area contributed by atoms with Crippen molar-refractivity contribution < 1.29 is 18.1 Å². The number of halogens is 4. The molecule has 8 heteroatoms. The van der Waals surface area contributed by atoms with E-state index < -0.39 is 17.0 Å². The van der Waals surface area contributed by atoms with Crippen molar-refractivity contribution in [1.82, 2.24) is 0 Å². The van der Waals surface area contributed by atoms with Crippen molar-refractivity contribution >= 4 is 27.3 Å². The Morgan fingerprint density at radius 3 is 2.38 bits per heavy atom. The van der Waals surface area contributed by atoms with Crippen molar-refractivity contribution in [2.75, 3.05) is 5.32 Å². The van der Waals surface area contributed by atoms with Crippen LogP contribution in [0.3, 0.4) is 0 Å². The van der Waals surface area contributed by atoms with E-state index in [2.05, 4.69) is 21.2 Å². The minimum absolute atomic E-state index is 0.0658. The summed E-state index contributed by atoms with van der Waals surface area (Å²) in [6.07, 6.45) is -3.11. The fourth-order valence-corrected chi connectivity index (χ4v) is 2.93. The van der Waals surface area contributed by atoms with Crippen molar-refractivity contribution in [3.05, 3.63) is 32.8 Å². The second-order valence-electron chi connectivity index (χ2n) is 5.16. The Morgan fingerprint density at radius 2 is 1.86 bits per heavy atom. The van der Waals surface area contributed by atoms with Crippen molar-refractivity contribution in [1.29, 1.82) is 0 Å². The van der Waals surface area contributed by atoms with Crippen LogP contribution in [-0.4, -0.2) is 17.1 Å². The molecule has 0 aromatic heterocycles. The molecule has 0 spiro atoms. The molecule has 1 fully saturated rings. The topological polar surface area (TPSA) is 55.2 Å². The van der Waals surface area contributed by atoms with Gasteiger partial charge in [0.1, 0.15) is 0 Å². The van der Waals surface area contributed by atoms with Gasteiger partial charge in [0.25, 0.3) is 5.69 Å². The van der Waals surface area contributed by atoms with Crippen LogP contribution in [0.15, 0.2) is 22.7 Å². The summed E-state index contributed by atoms with van der Waals surface area (Å²) in [5, 5.41) is 13.9. The Bertz CT molecular complexity index is 529. The third kappa shape index (κ3) is 4.09. The van der Waals surface area contributed by atoms with Crippen LogP contribution in [0.25, 0.3) is 0 Å². The molecule has 0 radical (unpaired) electrons. The number of hydrogen-bond acceptors (Lipinski definition) is 3. The molecule has 0 aliphatic heterocycles.